The first-order valence-corrected chi connectivity index (χ1v) is 9.76. The van der Waals surface area contributed by atoms with E-state index in [9.17, 15) is 14.7 Å². The molecule has 2 aromatic heterocycles. The number of aromatic nitrogens is 2. The van der Waals surface area contributed by atoms with Crippen molar-refractivity contribution in [2.75, 3.05) is 0 Å². The summed E-state index contributed by atoms with van der Waals surface area (Å²) >= 11 is 0. The standard InChI is InChI=1S/C24H21N3O3/c28-20(12-11-17-7-2-1-3-8-17)21-22(18-9-6-13-25-15-18)27(24(30)23(21)29)16-19-10-4-5-14-26-19/h1-10,13-15,22,29H,11-12,16H2. The Hall–Kier alpha value is -3.80. The fraction of sp³-hybridized carbons (Fsp3) is 0.167. The maximum absolute atomic E-state index is 13.1. The highest BCUT2D eigenvalue weighted by Crippen LogP contribution is 2.38. The number of ketones is 1. The smallest absolute Gasteiger partial charge is 0.290 e. The van der Waals surface area contributed by atoms with Crippen LogP contribution in [0.3, 0.4) is 0 Å². The zero-order valence-corrected chi connectivity index (χ0v) is 16.3. The second-order valence-corrected chi connectivity index (χ2v) is 7.11. The predicted octanol–water partition coefficient (Wildman–Crippen LogP) is 3.57. The molecule has 1 aliphatic heterocycles. The molecule has 0 radical (unpaired) electrons. The molecule has 1 atom stereocenters. The average Bonchev–Trinajstić information content (AvgIpc) is 3.04. The maximum atomic E-state index is 13.1. The molecule has 1 amide bonds. The second-order valence-electron chi connectivity index (χ2n) is 7.11. The number of carbonyl (C=O) groups excluding carboxylic acids is 2. The highest BCUT2D eigenvalue weighted by atomic mass is 16.3. The molecule has 1 unspecified atom stereocenters. The van der Waals surface area contributed by atoms with Gasteiger partial charge < -0.3 is 10.0 Å². The third-order valence-corrected chi connectivity index (χ3v) is 5.15. The number of hydrogen-bond acceptors (Lipinski definition) is 5. The van der Waals surface area contributed by atoms with Gasteiger partial charge in [0.15, 0.2) is 11.5 Å². The largest absolute Gasteiger partial charge is 0.503 e. The molecule has 1 aromatic carbocycles. The van der Waals surface area contributed by atoms with Crippen molar-refractivity contribution in [3.63, 3.8) is 0 Å². The lowest BCUT2D eigenvalue weighted by Crippen LogP contribution is -2.31. The lowest BCUT2D eigenvalue weighted by Gasteiger charge is -2.26. The van der Waals surface area contributed by atoms with Gasteiger partial charge in [0.1, 0.15) is 0 Å². The van der Waals surface area contributed by atoms with E-state index in [-0.39, 0.29) is 24.3 Å². The Morgan fingerprint density at radius 3 is 2.50 bits per heavy atom. The number of nitrogens with zero attached hydrogens (tertiary/aromatic N) is 3. The number of Topliss-reactive ketones (excluding diaryl/α,β-unsaturated/α-hetero) is 1. The van der Waals surface area contributed by atoms with Crippen molar-refractivity contribution in [2.24, 2.45) is 0 Å². The summed E-state index contributed by atoms with van der Waals surface area (Å²) < 4.78 is 0. The third kappa shape index (κ3) is 3.98. The Kier molecular flexibility index (Phi) is 5.66. The minimum Gasteiger partial charge on any atom is -0.503 e. The fourth-order valence-electron chi connectivity index (χ4n) is 3.69. The number of carbonyl (C=O) groups is 2. The summed E-state index contributed by atoms with van der Waals surface area (Å²) in [6.45, 7) is 0.179. The van der Waals surface area contributed by atoms with Crippen LogP contribution in [0.1, 0.15) is 29.3 Å². The van der Waals surface area contributed by atoms with Gasteiger partial charge in [-0.25, -0.2) is 0 Å². The van der Waals surface area contributed by atoms with Crippen LogP contribution in [0.4, 0.5) is 0 Å². The summed E-state index contributed by atoms with van der Waals surface area (Å²) in [5, 5.41) is 10.6. The van der Waals surface area contributed by atoms with Crippen LogP contribution in [-0.4, -0.2) is 31.7 Å². The first-order chi connectivity index (χ1) is 14.6. The van der Waals surface area contributed by atoms with Gasteiger partial charge in [0.05, 0.1) is 23.9 Å². The molecule has 3 aromatic rings. The molecule has 0 saturated heterocycles. The molecule has 1 N–H and O–H groups in total. The van der Waals surface area contributed by atoms with E-state index in [1.54, 1.807) is 42.9 Å². The maximum Gasteiger partial charge on any atom is 0.290 e. The minimum atomic E-state index is -0.698. The van der Waals surface area contributed by atoms with Crippen molar-refractivity contribution in [1.29, 1.82) is 0 Å². The Labute approximate surface area is 174 Å². The number of pyridine rings is 2. The summed E-state index contributed by atoms with van der Waals surface area (Å²) in [6, 6.07) is 18.0. The molecule has 30 heavy (non-hydrogen) atoms. The molecule has 0 fully saturated rings. The van der Waals surface area contributed by atoms with Crippen LogP contribution < -0.4 is 0 Å². The summed E-state index contributed by atoms with van der Waals surface area (Å²) in [5.74, 6) is -1.31. The molecule has 3 heterocycles. The van der Waals surface area contributed by atoms with E-state index in [0.29, 0.717) is 17.7 Å². The number of hydrogen-bond donors (Lipinski definition) is 1. The molecule has 6 nitrogen and oxygen atoms in total. The van der Waals surface area contributed by atoms with E-state index in [2.05, 4.69) is 9.97 Å². The minimum absolute atomic E-state index is 0.125. The van der Waals surface area contributed by atoms with Crippen LogP contribution in [-0.2, 0) is 22.6 Å². The topological polar surface area (TPSA) is 83.4 Å². The van der Waals surface area contributed by atoms with Gasteiger partial charge in [-0.05, 0) is 35.7 Å². The predicted molar refractivity (Wildman–Crippen MR) is 111 cm³/mol. The second kappa shape index (κ2) is 8.69. The molecule has 4 rings (SSSR count). The first-order valence-electron chi connectivity index (χ1n) is 9.76. The number of aliphatic hydroxyl groups excluding tert-OH is 1. The van der Waals surface area contributed by atoms with Gasteiger partial charge in [-0.2, -0.15) is 0 Å². The molecule has 150 valence electrons. The zero-order chi connectivity index (χ0) is 20.9. The summed E-state index contributed by atoms with van der Waals surface area (Å²) in [5.41, 5.74) is 2.50. The van der Waals surface area contributed by atoms with Gasteiger partial charge in [-0.3, -0.25) is 19.6 Å². The zero-order valence-electron chi connectivity index (χ0n) is 16.3. The van der Waals surface area contributed by atoms with Gasteiger partial charge in [0, 0.05) is 25.0 Å². The van der Waals surface area contributed by atoms with E-state index in [0.717, 1.165) is 5.56 Å². The van der Waals surface area contributed by atoms with E-state index in [1.165, 1.54) is 4.90 Å². The summed E-state index contributed by atoms with van der Waals surface area (Å²) in [7, 11) is 0. The number of aliphatic hydroxyl groups is 1. The van der Waals surface area contributed by atoms with E-state index >= 15 is 0 Å². The monoisotopic (exact) mass is 399 g/mol. The molecule has 0 bridgehead atoms. The first kappa shape index (κ1) is 19.5. The number of amides is 1. The van der Waals surface area contributed by atoms with Crippen molar-refractivity contribution in [2.45, 2.75) is 25.4 Å². The van der Waals surface area contributed by atoms with Crippen molar-refractivity contribution >= 4 is 11.7 Å². The summed E-state index contributed by atoms with van der Waals surface area (Å²) in [4.78, 5) is 35.9. The van der Waals surface area contributed by atoms with Crippen molar-refractivity contribution in [3.05, 3.63) is 107 Å². The SMILES string of the molecule is O=C(CCc1ccccc1)C1=C(O)C(=O)N(Cc2ccccn2)C1c1cccnc1. The van der Waals surface area contributed by atoms with Crippen LogP contribution in [0.25, 0.3) is 0 Å². The van der Waals surface area contributed by atoms with E-state index < -0.39 is 17.7 Å². The van der Waals surface area contributed by atoms with Crippen LogP contribution in [0.2, 0.25) is 0 Å². The molecule has 6 heteroatoms. The normalized spacial score (nSPS) is 16.2. The fourth-order valence-corrected chi connectivity index (χ4v) is 3.69. The quantitative estimate of drug-likeness (QED) is 0.657. The van der Waals surface area contributed by atoms with Crippen LogP contribution in [0.15, 0.2) is 90.6 Å². The van der Waals surface area contributed by atoms with Gasteiger partial charge in [-0.15, -0.1) is 0 Å². The molecule has 1 aliphatic rings. The number of rotatable bonds is 7. The van der Waals surface area contributed by atoms with Crippen molar-refractivity contribution < 1.29 is 14.7 Å². The van der Waals surface area contributed by atoms with Crippen LogP contribution in [0.5, 0.6) is 0 Å². The Bertz CT molecular complexity index is 1070. The molecule has 0 spiro atoms. The highest BCUT2D eigenvalue weighted by molar-refractivity contribution is 6.08. The van der Waals surface area contributed by atoms with Gasteiger partial charge >= 0.3 is 0 Å². The average molecular weight is 399 g/mol. The van der Waals surface area contributed by atoms with Gasteiger partial charge in [0.25, 0.3) is 5.91 Å². The van der Waals surface area contributed by atoms with Crippen LogP contribution >= 0.6 is 0 Å². The number of benzene rings is 1. The van der Waals surface area contributed by atoms with Crippen molar-refractivity contribution in [1.82, 2.24) is 14.9 Å². The Balaban J connectivity index is 1.64. The van der Waals surface area contributed by atoms with Crippen molar-refractivity contribution in [3.8, 4) is 0 Å². The molecule has 0 aliphatic carbocycles. The van der Waals surface area contributed by atoms with Gasteiger partial charge in [-0.1, -0.05) is 42.5 Å². The lowest BCUT2D eigenvalue weighted by molar-refractivity contribution is -0.130. The third-order valence-electron chi connectivity index (χ3n) is 5.15. The Morgan fingerprint density at radius 1 is 1.00 bits per heavy atom. The molecular weight excluding hydrogens is 378 g/mol. The Morgan fingerprint density at radius 2 is 1.80 bits per heavy atom. The number of aryl methyl sites for hydroxylation is 1. The van der Waals surface area contributed by atoms with Crippen LogP contribution in [0, 0.1) is 0 Å². The molecule has 0 saturated carbocycles. The molecular formula is C24H21N3O3. The van der Waals surface area contributed by atoms with E-state index in [4.69, 9.17) is 0 Å². The van der Waals surface area contributed by atoms with E-state index in [1.807, 2.05) is 36.4 Å². The van der Waals surface area contributed by atoms with Gasteiger partial charge in [0.2, 0.25) is 0 Å². The highest BCUT2D eigenvalue weighted by Gasteiger charge is 2.43. The lowest BCUT2D eigenvalue weighted by atomic mass is 9.94. The summed E-state index contributed by atoms with van der Waals surface area (Å²) in [6.07, 6.45) is 5.62.